The van der Waals surface area contributed by atoms with E-state index in [4.69, 9.17) is 0 Å². The molecule has 3 aromatic rings. The molecule has 0 aliphatic rings. The molecule has 5 heteroatoms. The number of thioether (sulfide) groups is 1. The molecule has 27 heavy (non-hydrogen) atoms. The third kappa shape index (κ3) is 4.95. The number of amides is 1. The first-order chi connectivity index (χ1) is 13.1. The summed E-state index contributed by atoms with van der Waals surface area (Å²) in [5.74, 6) is 0.357. The van der Waals surface area contributed by atoms with Gasteiger partial charge in [0.1, 0.15) is 0 Å². The number of rotatable bonds is 6. The minimum Gasteiger partial charge on any atom is -0.312 e. The Hall–Kier alpha value is -2.66. The number of benzene rings is 2. The van der Waals surface area contributed by atoms with Gasteiger partial charge in [0.15, 0.2) is 5.16 Å². The maximum absolute atomic E-state index is 12.7. The molecule has 0 radical (unpaired) electrons. The SMILES string of the molecule is CCN(C(=O)CSc1nc(C)cc(-c2ccc(C)cc2)n1)c1ccccc1. The summed E-state index contributed by atoms with van der Waals surface area (Å²) >= 11 is 1.38. The molecule has 1 heterocycles. The normalized spacial score (nSPS) is 10.6. The Labute approximate surface area is 164 Å². The van der Waals surface area contributed by atoms with E-state index in [1.54, 1.807) is 4.90 Å². The summed E-state index contributed by atoms with van der Waals surface area (Å²) in [5, 5.41) is 0.628. The topological polar surface area (TPSA) is 46.1 Å². The second kappa shape index (κ2) is 8.82. The zero-order valence-electron chi connectivity index (χ0n) is 15.8. The Morgan fingerprint density at radius 2 is 1.70 bits per heavy atom. The largest absolute Gasteiger partial charge is 0.312 e. The summed E-state index contributed by atoms with van der Waals surface area (Å²) in [6, 6.07) is 20.0. The average Bonchev–Trinajstić information content (AvgIpc) is 2.68. The molecule has 0 N–H and O–H groups in total. The van der Waals surface area contributed by atoms with E-state index in [1.807, 2.05) is 50.2 Å². The van der Waals surface area contributed by atoms with Crippen LogP contribution in [0.25, 0.3) is 11.3 Å². The van der Waals surface area contributed by atoms with Gasteiger partial charge in [-0.25, -0.2) is 9.97 Å². The number of nitrogens with zero attached hydrogens (tertiary/aromatic N) is 3. The number of para-hydroxylation sites is 1. The quantitative estimate of drug-likeness (QED) is 0.452. The molecular formula is C22H23N3OS. The minimum absolute atomic E-state index is 0.0516. The van der Waals surface area contributed by atoms with E-state index in [9.17, 15) is 4.79 Å². The lowest BCUT2D eigenvalue weighted by Crippen LogP contribution is -2.32. The Morgan fingerprint density at radius 1 is 1.00 bits per heavy atom. The van der Waals surface area contributed by atoms with Gasteiger partial charge in [0.2, 0.25) is 5.91 Å². The molecule has 3 rings (SSSR count). The Kier molecular flexibility index (Phi) is 6.24. The molecule has 4 nitrogen and oxygen atoms in total. The molecule has 0 saturated heterocycles. The predicted molar refractivity (Wildman–Crippen MR) is 112 cm³/mol. The number of carbonyl (C=O) groups excluding carboxylic acids is 1. The molecule has 0 unspecified atom stereocenters. The zero-order chi connectivity index (χ0) is 19.2. The van der Waals surface area contributed by atoms with Crippen LogP contribution in [0.4, 0.5) is 5.69 Å². The molecule has 0 saturated carbocycles. The minimum atomic E-state index is 0.0516. The van der Waals surface area contributed by atoms with Crippen LogP contribution in [0, 0.1) is 13.8 Å². The lowest BCUT2D eigenvalue weighted by molar-refractivity contribution is -0.116. The monoisotopic (exact) mass is 377 g/mol. The lowest BCUT2D eigenvalue weighted by atomic mass is 10.1. The Balaban J connectivity index is 1.74. The first-order valence-corrected chi connectivity index (χ1v) is 9.96. The summed E-state index contributed by atoms with van der Waals surface area (Å²) in [6.07, 6.45) is 0. The maximum atomic E-state index is 12.7. The second-order valence-corrected chi connectivity index (χ2v) is 7.25. The highest BCUT2D eigenvalue weighted by Crippen LogP contribution is 2.23. The number of hydrogen-bond acceptors (Lipinski definition) is 4. The molecule has 1 amide bonds. The molecule has 0 aliphatic carbocycles. The van der Waals surface area contributed by atoms with Gasteiger partial charge < -0.3 is 4.90 Å². The molecule has 2 aromatic carbocycles. The molecule has 0 spiro atoms. The van der Waals surface area contributed by atoms with Gasteiger partial charge in [-0.1, -0.05) is 59.8 Å². The standard InChI is InChI=1S/C22H23N3OS/c1-4-25(19-8-6-5-7-9-19)21(26)15-27-22-23-17(3)14-20(24-22)18-12-10-16(2)11-13-18/h5-14H,4,15H2,1-3H3. The number of hydrogen-bond donors (Lipinski definition) is 0. The van der Waals surface area contributed by atoms with Crippen molar-refractivity contribution in [3.05, 3.63) is 71.9 Å². The molecule has 0 atom stereocenters. The molecule has 138 valence electrons. The lowest BCUT2D eigenvalue weighted by Gasteiger charge is -2.20. The van der Waals surface area contributed by atoms with Crippen LogP contribution in [0.3, 0.4) is 0 Å². The van der Waals surface area contributed by atoms with Crippen molar-refractivity contribution in [1.82, 2.24) is 9.97 Å². The summed E-state index contributed by atoms with van der Waals surface area (Å²) < 4.78 is 0. The summed E-state index contributed by atoms with van der Waals surface area (Å²) in [7, 11) is 0. The van der Waals surface area contributed by atoms with E-state index >= 15 is 0 Å². The van der Waals surface area contributed by atoms with Crippen molar-refractivity contribution in [1.29, 1.82) is 0 Å². The Bertz CT molecular complexity index is 911. The van der Waals surface area contributed by atoms with Crippen LogP contribution < -0.4 is 4.90 Å². The van der Waals surface area contributed by atoms with Crippen LogP contribution in [0.15, 0.2) is 65.8 Å². The molecule has 0 bridgehead atoms. The van der Waals surface area contributed by atoms with E-state index in [2.05, 4.69) is 41.2 Å². The van der Waals surface area contributed by atoms with Crippen molar-refractivity contribution in [2.24, 2.45) is 0 Å². The number of anilines is 1. The highest BCUT2D eigenvalue weighted by molar-refractivity contribution is 7.99. The summed E-state index contributed by atoms with van der Waals surface area (Å²) in [5.41, 5.74) is 4.96. The van der Waals surface area contributed by atoms with Crippen molar-refractivity contribution in [3.63, 3.8) is 0 Å². The van der Waals surface area contributed by atoms with Crippen molar-refractivity contribution < 1.29 is 4.79 Å². The number of carbonyl (C=O) groups is 1. The van der Waals surface area contributed by atoms with E-state index in [-0.39, 0.29) is 5.91 Å². The fraction of sp³-hybridized carbons (Fsp3) is 0.227. The van der Waals surface area contributed by atoms with Crippen molar-refractivity contribution in [2.45, 2.75) is 25.9 Å². The fourth-order valence-electron chi connectivity index (χ4n) is 2.79. The van der Waals surface area contributed by atoms with Gasteiger partial charge >= 0.3 is 0 Å². The van der Waals surface area contributed by atoms with Crippen LogP contribution in [-0.2, 0) is 4.79 Å². The third-order valence-corrected chi connectivity index (χ3v) is 5.02. The van der Waals surface area contributed by atoms with Gasteiger partial charge in [-0.05, 0) is 39.0 Å². The maximum Gasteiger partial charge on any atom is 0.237 e. The highest BCUT2D eigenvalue weighted by atomic mass is 32.2. The zero-order valence-corrected chi connectivity index (χ0v) is 16.7. The highest BCUT2D eigenvalue weighted by Gasteiger charge is 2.15. The number of aromatic nitrogens is 2. The van der Waals surface area contributed by atoms with Crippen LogP contribution in [0.5, 0.6) is 0 Å². The molecule has 0 fully saturated rings. The summed E-state index contributed by atoms with van der Waals surface area (Å²) in [6.45, 7) is 6.63. The number of aryl methyl sites for hydroxylation is 2. The summed E-state index contributed by atoms with van der Waals surface area (Å²) in [4.78, 5) is 23.6. The average molecular weight is 378 g/mol. The molecule has 0 aliphatic heterocycles. The van der Waals surface area contributed by atoms with Gasteiger partial charge in [0, 0.05) is 23.5 Å². The van der Waals surface area contributed by atoms with E-state index in [0.717, 1.165) is 22.6 Å². The Morgan fingerprint density at radius 3 is 2.37 bits per heavy atom. The van der Waals surface area contributed by atoms with E-state index in [0.29, 0.717) is 17.5 Å². The molecular weight excluding hydrogens is 354 g/mol. The van der Waals surface area contributed by atoms with Gasteiger partial charge in [0.25, 0.3) is 0 Å². The smallest absolute Gasteiger partial charge is 0.237 e. The first kappa shape index (κ1) is 19.1. The van der Waals surface area contributed by atoms with Gasteiger partial charge in [0.05, 0.1) is 11.4 Å². The van der Waals surface area contributed by atoms with Crippen molar-refractivity contribution >= 4 is 23.4 Å². The van der Waals surface area contributed by atoms with Crippen LogP contribution >= 0.6 is 11.8 Å². The van der Waals surface area contributed by atoms with Crippen molar-refractivity contribution in [2.75, 3.05) is 17.2 Å². The third-order valence-electron chi connectivity index (χ3n) is 4.19. The van der Waals surface area contributed by atoms with E-state index < -0.39 is 0 Å². The fourth-order valence-corrected chi connectivity index (χ4v) is 3.57. The van der Waals surface area contributed by atoms with Crippen LogP contribution in [-0.4, -0.2) is 28.2 Å². The van der Waals surface area contributed by atoms with Crippen molar-refractivity contribution in [3.8, 4) is 11.3 Å². The van der Waals surface area contributed by atoms with E-state index in [1.165, 1.54) is 17.3 Å². The van der Waals surface area contributed by atoms with Gasteiger partial charge in [-0.3, -0.25) is 4.79 Å². The first-order valence-electron chi connectivity index (χ1n) is 8.97. The van der Waals surface area contributed by atoms with Gasteiger partial charge in [-0.2, -0.15) is 0 Å². The van der Waals surface area contributed by atoms with Crippen LogP contribution in [0.2, 0.25) is 0 Å². The van der Waals surface area contributed by atoms with Gasteiger partial charge in [-0.15, -0.1) is 0 Å². The van der Waals surface area contributed by atoms with Crippen LogP contribution in [0.1, 0.15) is 18.2 Å². The second-order valence-electron chi connectivity index (χ2n) is 6.31. The predicted octanol–water partition coefficient (Wildman–Crippen LogP) is 4.91. The molecule has 1 aromatic heterocycles.